The lowest BCUT2D eigenvalue weighted by molar-refractivity contribution is -0.121. The summed E-state index contributed by atoms with van der Waals surface area (Å²) in [6.45, 7) is 0. The molecule has 1 saturated carbocycles. The third-order valence-corrected chi connectivity index (χ3v) is 5.60. The number of halogens is 1. The predicted molar refractivity (Wildman–Crippen MR) is 91.1 cm³/mol. The molecule has 0 radical (unpaired) electrons. The van der Waals surface area contributed by atoms with Crippen LogP contribution in [0.5, 0.6) is 5.75 Å². The van der Waals surface area contributed by atoms with Crippen LogP contribution in [0.2, 0.25) is 5.02 Å². The van der Waals surface area contributed by atoms with Crippen LogP contribution in [0.15, 0.2) is 35.7 Å². The molecule has 1 aromatic heterocycles. The Balaban J connectivity index is 1.91. The highest BCUT2D eigenvalue weighted by Gasteiger charge is 2.43. The highest BCUT2D eigenvalue weighted by molar-refractivity contribution is 7.10. The summed E-state index contributed by atoms with van der Waals surface area (Å²) in [5.74, 6) is 0.657. The van der Waals surface area contributed by atoms with Crippen LogP contribution in [0, 0.1) is 0 Å². The Morgan fingerprint density at radius 1 is 1.32 bits per heavy atom. The maximum absolute atomic E-state index is 13.0. The number of benzene rings is 1. The fraction of sp³-hybridized carbons (Fsp3) is 0.353. The van der Waals surface area contributed by atoms with Gasteiger partial charge in [-0.3, -0.25) is 4.79 Å². The second-order valence-electron chi connectivity index (χ2n) is 5.57. The summed E-state index contributed by atoms with van der Waals surface area (Å²) in [6.07, 6.45) is 3.94. The number of carbonyl (C=O) groups is 1. The number of anilines is 1. The van der Waals surface area contributed by atoms with Crippen molar-refractivity contribution < 1.29 is 9.53 Å². The molecule has 1 aliphatic rings. The monoisotopic (exact) mass is 335 g/mol. The van der Waals surface area contributed by atoms with Crippen molar-refractivity contribution in [1.82, 2.24) is 0 Å². The van der Waals surface area contributed by atoms with E-state index >= 15 is 0 Å². The molecule has 0 saturated heterocycles. The fourth-order valence-electron chi connectivity index (χ4n) is 3.13. The van der Waals surface area contributed by atoms with Crippen LogP contribution in [-0.2, 0) is 10.2 Å². The van der Waals surface area contributed by atoms with Gasteiger partial charge in [0.1, 0.15) is 5.75 Å². The van der Waals surface area contributed by atoms with Crippen LogP contribution in [-0.4, -0.2) is 13.0 Å². The van der Waals surface area contributed by atoms with E-state index in [0.29, 0.717) is 16.5 Å². The molecule has 3 rings (SSSR count). The third kappa shape index (κ3) is 2.73. The van der Waals surface area contributed by atoms with Gasteiger partial charge in [-0.1, -0.05) is 30.5 Å². The van der Waals surface area contributed by atoms with Crippen molar-refractivity contribution in [2.24, 2.45) is 0 Å². The number of methoxy groups -OCH3 is 1. The topological polar surface area (TPSA) is 38.3 Å². The van der Waals surface area contributed by atoms with E-state index in [2.05, 4.69) is 11.4 Å². The molecule has 0 unspecified atom stereocenters. The summed E-state index contributed by atoms with van der Waals surface area (Å²) in [4.78, 5) is 14.2. The summed E-state index contributed by atoms with van der Waals surface area (Å²) >= 11 is 7.70. The molecule has 116 valence electrons. The van der Waals surface area contributed by atoms with Crippen molar-refractivity contribution in [1.29, 1.82) is 0 Å². The molecule has 3 nitrogen and oxygen atoms in total. The molecule has 5 heteroatoms. The lowest BCUT2D eigenvalue weighted by atomic mass is 9.83. The van der Waals surface area contributed by atoms with E-state index in [1.54, 1.807) is 36.6 Å². The van der Waals surface area contributed by atoms with Gasteiger partial charge in [0.15, 0.2) is 0 Å². The van der Waals surface area contributed by atoms with Crippen LogP contribution in [0.3, 0.4) is 0 Å². The molecule has 0 bridgehead atoms. The number of hydrogen-bond acceptors (Lipinski definition) is 3. The average molecular weight is 336 g/mol. The highest BCUT2D eigenvalue weighted by atomic mass is 35.5. The van der Waals surface area contributed by atoms with Gasteiger partial charge in [0.2, 0.25) is 5.91 Å². The van der Waals surface area contributed by atoms with Gasteiger partial charge in [0.25, 0.3) is 0 Å². The minimum absolute atomic E-state index is 0.0352. The van der Waals surface area contributed by atoms with Crippen molar-refractivity contribution >= 4 is 34.5 Å². The number of rotatable bonds is 4. The molecule has 0 spiro atoms. The molecule has 0 aliphatic heterocycles. The first-order chi connectivity index (χ1) is 10.7. The number of nitrogens with one attached hydrogen (secondary N) is 1. The van der Waals surface area contributed by atoms with E-state index < -0.39 is 5.41 Å². The summed E-state index contributed by atoms with van der Waals surface area (Å²) in [7, 11) is 1.59. The first-order valence-corrected chi connectivity index (χ1v) is 8.60. The molecular formula is C17H18ClNO2S. The summed E-state index contributed by atoms with van der Waals surface area (Å²) in [6, 6.07) is 9.32. The molecule has 1 amide bonds. The molecule has 22 heavy (non-hydrogen) atoms. The zero-order valence-electron chi connectivity index (χ0n) is 12.4. The molecule has 1 aromatic carbocycles. The largest absolute Gasteiger partial charge is 0.495 e. The zero-order chi connectivity index (χ0) is 15.6. The minimum Gasteiger partial charge on any atom is -0.495 e. The SMILES string of the molecule is COc1ccc(Cl)cc1NC(=O)C1(c2cccs2)CCCC1. The van der Waals surface area contributed by atoms with Gasteiger partial charge in [0.05, 0.1) is 18.2 Å². The summed E-state index contributed by atoms with van der Waals surface area (Å²) in [5, 5.41) is 5.64. The molecule has 1 aliphatic carbocycles. The Morgan fingerprint density at radius 2 is 2.09 bits per heavy atom. The highest BCUT2D eigenvalue weighted by Crippen LogP contribution is 2.44. The first kappa shape index (κ1) is 15.4. The van der Waals surface area contributed by atoms with Crippen LogP contribution < -0.4 is 10.1 Å². The second kappa shape index (κ2) is 6.31. The maximum Gasteiger partial charge on any atom is 0.235 e. The molecule has 1 heterocycles. The van der Waals surface area contributed by atoms with E-state index in [9.17, 15) is 4.79 Å². The zero-order valence-corrected chi connectivity index (χ0v) is 14.0. The Hall–Kier alpha value is -1.52. The minimum atomic E-state index is -0.415. The fourth-order valence-corrected chi connectivity index (χ4v) is 4.29. The molecule has 2 aromatic rings. The Morgan fingerprint density at radius 3 is 2.73 bits per heavy atom. The number of ether oxygens (including phenoxy) is 1. The predicted octanol–water partition coefficient (Wildman–Crippen LogP) is 4.86. The average Bonchev–Trinajstić information content (AvgIpc) is 3.19. The van der Waals surface area contributed by atoms with Gasteiger partial charge in [0, 0.05) is 9.90 Å². The quantitative estimate of drug-likeness (QED) is 0.866. The lowest BCUT2D eigenvalue weighted by Crippen LogP contribution is -2.37. The van der Waals surface area contributed by atoms with E-state index in [4.69, 9.17) is 16.3 Å². The van der Waals surface area contributed by atoms with Crippen molar-refractivity contribution in [3.63, 3.8) is 0 Å². The second-order valence-corrected chi connectivity index (χ2v) is 6.95. The van der Waals surface area contributed by atoms with Gasteiger partial charge in [-0.2, -0.15) is 0 Å². The van der Waals surface area contributed by atoms with Gasteiger partial charge in [-0.25, -0.2) is 0 Å². The van der Waals surface area contributed by atoms with Crippen molar-refractivity contribution in [2.45, 2.75) is 31.1 Å². The van der Waals surface area contributed by atoms with Crippen LogP contribution in [0.25, 0.3) is 0 Å². The Labute approximate surface area is 139 Å². The van der Waals surface area contributed by atoms with Crippen molar-refractivity contribution in [2.75, 3.05) is 12.4 Å². The lowest BCUT2D eigenvalue weighted by Gasteiger charge is -2.27. The van der Waals surface area contributed by atoms with Gasteiger partial charge < -0.3 is 10.1 Å². The number of hydrogen-bond donors (Lipinski definition) is 1. The van der Waals surface area contributed by atoms with Crippen LogP contribution in [0.4, 0.5) is 5.69 Å². The van der Waals surface area contributed by atoms with E-state index in [-0.39, 0.29) is 5.91 Å². The van der Waals surface area contributed by atoms with Crippen LogP contribution in [0.1, 0.15) is 30.6 Å². The smallest absolute Gasteiger partial charge is 0.235 e. The number of carbonyl (C=O) groups excluding carboxylic acids is 1. The summed E-state index contributed by atoms with van der Waals surface area (Å²) < 4.78 is 5.32. The van der Waals surface area contributed by atoms with E-state index in [1.807, 2.05) is 11.4 Å². The molecular weight excluding hydrogens is 318 g/mol. The number of amides is 1. The van der Waals surface area contributed by atoms with Crippen molar-refractivity contribution in [3.05, 3.63) is 45.6 Å². The van der Waals surface area contributed by atoms with E-state index in [1.165, 1.54) is 0 Å². The van der Waals surface area contributed by atoms with Crippen LogP contribution >= 0.6 is 22.9 Å². The number of thiophene rings is 1. The third-order valence-electron chi connectivity index (χ3n) is 4.29. The van der Waals surface area contributed by atoms with Gasteiger partial charge in [-0.05, 0) is 42.5 Å². The molecule has 0 atom stereocenters. The van der Waals surface area contributed by atoms with E-state index in [0.717, 1.165) is 30.6 Å². The molecule has 1 N–H and O–H groups in total. The normalized spacial score (nSPS) is 16.5. The molecule has 1 fully saturated rings. The standard InChI is InChI=1S/C17H18ClNO2S/c1-21-14-7-6-12(18)11-13(14)19-16(20)17(8-2-3-9-17)15-5-4-10-22-15/h4-7,10-11H,2-3,8-9H2,1H3,(H,19,20). The van der Waals surface area contributed by atoms with Crippen molar-refractivity contribution in [3.8, 4) is 5.75 Å². The van der Waals surface area contributed by atoms with Gasteiger partial charge in [-0.15, -0.1) is 11.3 Å². The Kier molecular flexibility index (Phi) is 4.41. The Bertz CT molecular complexity index is 663. The first-order valence-electron chi connectivity index (χ1n) is 7.35. The summed E-state index contributed by atoms with van der Waals surface area (Å²) in [5.41, 5.74) is 0.212. The maximum atomic E-state index is 13.0. The van der Waals surface area contributed by atoms with Gasteiger partial charge >= 0.3 is 0 Å².